The summed E-state index contributed by atoms with van der Waals surface area (Å²) in [4.78, 5) is 0. The molecule has 0 nitrogen and oxygen atoms in total. The van der Waals surface area contributed by atoms with Crippen molar-refractivity contribution in [3.05, 3.63) is 0 Å². The fourth-order valence-corrected chi connectivity index (χ4v) is 4.50. The van der Waals surface area contributed by atoms with Gasteiger partial charge in [0.2, 0.25) is 0 Å². The van der Waals surface area contributed by atoms with Gasteiger partial charge >= 0.3 is 33.3 Å². The molecular formula is C12H32Cl2CuP2+2. The Morgan fingerprint density at radius 2 is 0.706 bits per heavy atom. The van der Waals surface area contributed by atoms with E-state index in [1.54, 1.807) is 0 Å². The topological polar surface area (TPSA) is 0 Å². The Bertz CT molecular complexity index is 87.7. The zero-order valence-corrected chi connectivity index (χ0v) is 16.8. The van der Waals surface area contributed by atoms with Crippen LogP contribution in [0.3, 0.4) is 0 Å². The van der Waals surface area contributed by atoms with Crippen molar-refractivity contribution in [3.63, 3.8) is 0 Å². The van der Waals surface area contributed by atoms with Crippen LogP contribution in [0.1, 0.15) is 41.5 Å². The first-order chi connectivity index (χ1) is 8.11. The van der Waals surface area contributed by atoms with Gasteiger partial charge in [0.1, 0.15) is 0 Å². The van der Waals surface area contributed by atoms with Crippen molar-refractivity contribution in [2.24, 2.45) is 0 Å². The second-order valence-electron chi connectivity index (χ2n) is 3.66. The molecule has 0 aliphatic carbocycles. The monoisotopic (exact) mass is 371 g/mol. The van der Waals surface area contributed by atoms with Crippen molar-refractivity contribution in [2.45, 2.75) is 41.5 Å². The first-order valence-corrected chi connectivity index (χ1v) is 13.4. The summed E-state index contributed by atoms with van der Waals surface area (Å²) in [5.74, 6) is 0. The summed E-state index contributed by atoms with van der Waals surface area (Å²) in [5, 5.41) is 0. The number of rotatable bonds is 6. The second-order valence-corrected chi connectivity index (χ2v) is 12.5. The predicted octanol–water partition coefficient (Wildman–Crippen LogP) is 5.90. The summed E-state index contributed by atoms with van der Waals surface area (Å²) >= 11 is 0.757. The molecule has 0 saturated heterocycles. The molecule has 17 heavy (non-hydrogen) atoms. The molecule has 5 heteroatoms. The van der Waals surface area contributed by atoms with Crippen LogP contribution in [-0.2, 0) is 13.1 Å². The van der Waals surface area contributed by atoms with E-state index >= 15 is 0 Å². The van der Waals surface area contributed by atoms with Crippen LogP contribution in [0.25, 0.3) is 0 Å². The summed E-state index contributed by atoms with van der Waals surface area (Å²) in [6.07, 6.45) is 8.74. The summed E-state index contributed by atoms with van der Waals surface area (Å²) in [6, 6.07) is 0. The van der Waals surface area contributed by atoms with Gasteiger partial charge in [0.05, 0.1) is 37.0 Å². The van der Waals surface area contributed by atoms with E-state index in [4.69, 9.17) is 0 Å². The first kappa shape index (κ1) is 24.0. The summed E-state index contributed by atoms with van der Waals surface area (Å²) in [7, 11) is 9.61. The number of hydrogen-bond donors (Lipinski definition) is 0. The van der Waals surface area contributed by atoms with E-state index in [2.05, 4.69) is 61.7 Å². The molecule has 0 N–H and O–H groups in total. The van der Waals surface area contributed by atoms with E-state index in [0.717, 1.165) is 13.1 Å². The number of hydrogen-bond acceptors (Lipinski definition) is 0. The molecule has 0 atom stereocenters. The molecule has 0 saturated carbocycles. The zero-order chi connectivity index (χ0) is 14.1. The molecule has 0 aliphatic heterocycles. The molecule has 0 aromatic heterocycles. The molecule has 0 fully saturated rings. The van der Waals surface area contributed by atoms with E-state index in [1.165, 1.54) is 37.0 Å². The fourth-order valence-electron chi connectivity index (χ4n) is 1.50. The Morgan fingerprint density at radius 3 is 0.706 bits per heavy atom. The normalized spacial score (nSPS) is 9.76. The van der Waals surface area contributed by atoms with Crippen molar-refractivity contribution in [3.8, 4) is 0 Å². The standard InChI is InChI=1S/2C6H15P.2ClH.Cu/c2*1-4-7(5-2)6-3;;;/h2*4-6H2,1-3H3;2*1H;/q;;;;+2. The minimum absolute atomic E-state index is 0.137. The van der Waals surface area contributed by atoms with E-state index in [1.807, 2.05) is 0 Å². The van der Waals surface area contributed by atoms with Gasteiger partial charge in [0.25, 0.3) is 0 Å². The van der Waals surface area contributed by atoms with E-state index < -0.39 is 0 Å². The fraction of sp³-hybridized carbons (Fsp3) is 1.00. The Balaban J connectivity index is -0.000000188. The van der Waals surface area contributed by atoms with Gasteiger partial charge < -0.3 is 0 Å². The number of halogens is 2. The van der Waals surface area contributed by atoms with Crippen LogP contribution in [0.2, 0.25) is 0 Å². The molecule has 0 rings (SSSR count). The van der Waals surface area contributed by atoms with Gasteiger partial charge in [-0.3, -0.25) is 0 Å². The summed E-state index contributed by atoms with van der Waals surface area (Å²) in [6.45, 7) is 13.8. The van der Waals surface area contributed by atoms with Crippen LogP contribution in [0.5, 0.6) is 0 Å². The van der Waals surface area contributed by atoms with Crippen LogP contribution < -0.4 is 0 Å². The molecule has 0 unspecified atom stereocenters. The van der Waals surface area contributed by atoms with Gasteiger partial charge in [-0.15, -0.1) is 0 Å². The third kappa shape index (κ3) is 23.5. The summed E-state index contributed by atoms with van der Waals surface area (Å²) in [5.41, 5.74) is 0. The molecule has 0 spiro atoms. The zero-order valence-electron chi connectivity index (χ0n) is 12.3. The van der Waals surface area contributed by atoms with Gasteiger partial charge in [-0.1, -0.05) is 0 Å². The van der Waals surface area contributed by atoms with Gasteiger partial charge in [-0.2, -0.15) is 0 Å². The molecule has 0 heterocycles. The second kappa shape index (κ2) is 23.1. The van der Waals surface area contributed by atoms with Crippen LogP contribution in [0.15, 0.2) is 0 Å². The van der Waals surface area contributed by atoms with Crippen LogP contribution in [-0.4, -0.2) is 37.0 Å². The van der Waals surface area contributed by atoms with Crippen molar-refractivity contribution < 1.29 is 13.1 Å². The van der Waals surface area contributed by atoms with E-state index in [0.29, 0.717) is 0 Å². The SMILES string of the molecule is CC[PH+](CC)CC.CC[PH+](CC)CC.[Cl][Cu][Cl]. The summed E-state index contributed by atoms with van der Waals surface area (Å²) < 4.78 is 0. The quantitative estimate of drug-likeness (QED) is 0.402. The molecular weight excluding hydrogens is 341 g/mol. The van der Waals surface area contributed by atoms with Crippen LogP contribution in [0, 0.1) is 0 Å². The van der Waals surface area contributed by atoms with Crippen molar-refractivity contribution in [1.29, 1.82) is 0 Å². The molecule has 113 valence electrons. The maximum atomic E-state index is 4.67. The minimum atomic E-state index is 0.137. The molecule has 0 bridgehead atoms. The molecule has 0 radical (unpaired) electrons. The van der Waals surface area contributed by atoms with Crippen molar-refractivity contribution in [1.82, 2.24) is 0 Å². The Kier molecular flexibility index (Phi) is 32.6. The third-order valence-corrected chi connectivity index (χ3v) is 9.00. The average Bonchev–Trinajstić information content (AvgIpc) is 2.35. The van der Waals surface area contributed by atoms with Crippen LogP contribution in [0.4, 0.5) is 0 Å². The van der Waals surface area contributed by atoms with Crippen molar-refractivity contribution in [2.75, 3.05) is 37.0 Å². The van der Waals surface area contributed by atoms with Crippen LogP contribution >= 0.6 is 36.0 Å². The molecule has 0 aliphatic rings. The Morgan fingerprint density at radius 1 is 0.588 bits per heavy atom. The van der Waals surface area contributed by atoms with E-state index in [9.17, 15) is 0 Å². The molecule has 0 aromatic carbocycles. The van der Waals surface area contributed by atoms with E-state index in [-0.39, 0.29) is 15.8 Å². The Hall–Kier alpha value is 1.96. The van der Waals surface area contributed by atoms with Gasteiger partial charge in [-0.05, 0) is 57.4 Å². The average molecular weight is 373 g/mol. The molecule has 0 aromatic rings. The first-order valence-electron chi connectivity index (χ1n) is 6.59. The molecule has 0 amide bonds. The van der Waals surface area contributed by atoms with Gasteiger partial charge in [-0.25, -0.2) is 0 Å². The van der Waals surface area contributed by atoms with Gasteiger partial charge in [0, 0.05) is 0 Å². The maximum absolute atomic E-state index is 4.67. The van der Waals surface area contributed by atoms with Crippen molar-refractivity contribution >= 4 is 36.0 Å². The predicted molar refractivity (Wildman–Crippen MR) is 91.6 cm³/mol. The van der Waals surface area contributed by atoms with Gasteiger partial charge in [0.15, 0.2) is 0 Å². The third-order valence-electron chi connectivity index (χ3n) is 3.00. The Labute approximate surface area is 127 Å².